The summed E-state index contributed by atoms with van der Waals surface area (Å²) in [7, 11) is 0. The summed E-state index contributed by atoms with van der Waals surface area (Å²) < 4.78 is 0. The molecule has 0 aliphatic carbocycles. The molecule has 2 aliphatic heterocycles. The van der Waals surface area contributed by atoms with Crippen molar-refractivity contribution < 1.29 is 0 Å². The van der Waals surface area contributed by atoms with E-state index in [1.165, 1.54) is 5.56 Å². The SMILES string of the molecule is C=CCCc1ccc2ncnc(N3CC4(CCN(C#N)CC4)C3)c2c1. The van der Waals surface area contributed by atoms with Crippen molar-refractivity contribution in [3.63, 3.8) is 0 Å². The summed E-state index contributed by atoms with van der Waals surface area (Å²) in [5, 5.41) is 10.2. The van der Waals surface area contributed by atoms with Crippen molar-refractivity contribution in [3.8, 4) is 6.19 Å². The number of piperidine rings is 1. The van der Waals surface area contributed by atoms with Gasteiger partial charge in [-0.05, 0) is 43.4 Å². The fourth-order valence-corrected chi connectivity index (χ4v) is 4.08. The third-order valence-corrected chi connectivity index (χ3v) is 5.63. The number of aromatic nitrogens is 2. The molecule has 1 spiro atoms. The zero-order valence-corrected chi connectivity index (χ0v) is 14.5. The van der Waals surface area contributed by atoms with Crippen LogP contribution in [0.15, 0.2) is 37.2 Å². The number of fused-ring (bicyclic) bond motifs is 1. The zero-order valence-electron chi connectivity index (χ0n) is 14.5. The minimum absolute atomic E-state index is 0.366. The van der Waals surface area contributed by atoms with Crippen molar-refractivity contribution in [2.75, 3.05) is 31.1 Å². The fourth-order valence-electron chi connectivity index (χ4n) is 4.08. The van der Waals surface area contributed by atoms with E-state index >= 15 is 0 Å². The van der Waals surface area contributed by atoms with E-state index in [-0.39, 0.29) is 0 Å². The molecule has 5 nitrogen and oxygen atoms in total. The van der Waals surface area contributed by atoms with Gasteiger partial charge in [0.1, 0.15) is 12.1 Å². The molecule has 1 aromatic carbocycles. The second kappa shape index (κ2) is 6.36. The van der Waals surface area contributed by atoms with Gasteiger partial charge in [0.25, 0.3) is 0 Å². The molecule has 0 amide bonds. The lowest BCUT2D eigenvalue weighted by Crippen LogP contribution is -2.60. The Kier molecular flexibility index (Phi) is 4.04. The van der Waals surface area contributed by atoms with Gasteiger partial charge in [-0.25, -0.2) is 9.97 Å². The monoisotopic (exact) mass is 333 g/mol. The summed E-state index contributed by atoms with van der Waals surface area (Å²) in [4.78, 5) is 13.3. The van der Waals surface area contributed by atoms with Crippen LogP contribution in [-0.4, -0.2) is 41.0 Å². The molecule has 5 heteroatoms. The third-order valence-electron chi connectivity index (χ3n) is 5.63. The van der Waals surface area contributed by atoms with Crippen LogP contribution in [0.4, 0.5) is 5.82 Å². The number of likely N-dealkylation sites (tertiary alicyclic amines) is 1. The molecular weight excluding hydrogens is 310 g/mol. The number of hydrogen-bond donors (Lipinski definition) is 0. The van der Waals surface area contributed by atoms with E-state index < -0.39 is 0 Å². The van der Waals surface area contributed by atoms with Crippen LogP contribution < -0.4 is 4.90 Å². The van der Waals surface area contributed by atoms with Crippen LogP contribution in [0.5, 0.6) is 0 Å². The minimum atomic E-state index is 0.366. The number of nitrogens with zero attached hydrogens (tertiary/aromatic N) is 5. The van der Waals surface area contributed by atoms with Crippen LogP contribution in [-0.2, 0) is 6.42 Å². The van der Waals surface area contributed by atoms with Crippen molar-refractivity contribution in [2.45, 2.75) is 25.7 Å². The molecule has 2 fully saturated rings. The minimum Gasteiger partial charge on any atom is -0.355 e. The number of hydrogen-bond acceptors (Lipinski definition) is 5. The predicted octanol–water partition coefficient (Wildman–Crippen LogP) is 3.13. The lowest BCUT2D eigenvalue weighted by atomic mass is 9.72. The van der Waals surface area contributed by atoms with Crippen LogP contribution in [0.3, 0.4) is 0 Å². The van der Waals surface area contributed by atoms with Gasteiger partial charge in [-0.1, -0.05) is 12.1 Å². The molecule has 0 unspecified atom stereocenters. The van der Waals surface area contributed by atoms with Gasteiger partial charge in [0.15, 0.2) is 6.19 Å². The second-order valence-electron chi connectivity index (χ2n) is 7.32. The van der Waals surface area contributed by atoms with Crippen LogP contribution in [0.2, 0.25) is 0 Å². The molecule has 128 valence electrons. The smallest absolute Gasteiger partial charge is 0.179 e. The van der Waals surface area contributed by atoms with Gasteiger partial charge < -0.3 is 9.80 Å². The standard InChI is InChI=1S/C20H23N5/c1-2-3-4-16-5-6-18-17(11-16)19(23-15-22-18)25-12-20(13-25)7-9-24(14-21)10-8-20/h2,5-6,11,15H,1,3-4,7-10,12-13H2. The highest BCUT2D eigenvalue weighted by atomic mass is 15.3. The first-order valence-electron chi connectivity index (χ1n) is 8.97. The quantitative estimate of drug-likeness (QED) is 0.635. The summed E-state index contributed by atoms with van der Waals surface area (Å²) in [6, 6.07) is 6.48. The first kappa shape index (κ1) is 15.9. The van der Waals surface area contributed by atoms with Crippen molar-refractivity contribution in [2.24, 2.45) is 5.41 Å². The molecular formula is C20H23N5. The molecule has 0 radical (unpaired) electrons. The number of benzene rings is 1. The van der Waals surface area contributed by atoms with Gasteiger partial charge in [0, 0.05) is 37.0 Å². The van der Waals surface area contributed by atoms with Crippen molar-refractivity contribution >= 4 is 16.7 Å². The molecule has 1 aromatic heterocycles. The highest BCUT2D eigenvalue weighted by Crippen LogP contribution is 2.43. The first-order valence-corrected chi connectivity index (χ1v) is 8.97. The van der Waals surface area contributed by atoms with Gasteiger partial charge in [0.2, 0.25) is 0 Å². The molecule has 0 bridgehead atoms. The predicted molar refractivity (Wildman–Crippen MR) is 99.1 cm³/mol. The summed E-state index contributed by atoms with van der Waals surface area (Å²) in [5.41, 5.74) is 2.68. The maximum Gasteiger partial charge on any atom is 0.179 e. The summed E-state index contributed by atoms with van der Waals surface area (Å²) in [5.74, 6) is 1.05. The molecule has 0 atom stereocenters. The van der Waals surface area contributed by atoms with Gasteiger partial charge >= 0.3 is 0 Å². The third kappa shape index (κ3) is 2.93. The maximum absolute atomic E-state index is 9.03. The molecule has 25 heavy (non-hydrogen) atoms. The van der Waals surface area contributed by atoms with E-state index in [0.29, 0.717) is 5.41 Å². The molecule has 3 heterocycles. The first-order chi connectivity index (χ1) is 12.2. The summed E-state index contributed by atoms with van der Waals surface area (Å²) >= 11 is 0. The number of nitriles is 1. The van der Waals surface area contributed by atoms with Gasteiger partial charge in [-0.15, -0.1) is 6.58 Å². The van der Waals surface area contributed by atoms with Crippen molar-refractivity contribution in [1.29, 1.82) is 5.26 Å². The van der Waals surface area contributed by atoms with Crippen LogP contribution in [0, 0.1) is 16.9 Å². The van der Waals surface area contributed by atoms with Crippen LogP contribution in [0.1, 0.15) is 24.8 Å². The number of anilines is 1. The van der Waals surface area contributed by atoms with Crippen LogP contribution in [0.25, 0.3) is 10.9 Å². The van der Waals surface area contributed by atoms with Gasteiger partial charge in [0.05, 0.1) is 5.52 Å². The second-order valence-corrected chi connectivity index (χ2v) is 7.32. The Morgan fingerprint density at radius 3 is 2.76 bits per heavy atom. The Hall–Kier alpha value is -2.61. The van der Waals surface area contributed by atoms with Crippen LogP contribution >= 0.6 is 0 Å². The Bertz CT molecular complexity index is 822. The number of rotatable bonds is 4. The summed E-state index contributed by atoms with van der Waals surface area (Å²) in [6.07, 6.45) is 10.1. The average Bonchev–Trinajstić information content (AvgIpc) is 2.64. The molecule has 2 aromatic rings. The molecule has 2 saturated heterocycles. The Balaban J connectivity index is 1.54. The number of aryl methyl sites for hydroxylation is 1. The van der Waals surface area contributed by atoms with E-state index in [1.54, 1.807) is 6.33 Å². The van der Waals surface area contributed by atoms with E-state index in [2.05, 4.69) is 45.8 Å². The molecule has 4 rings (SSSR count). The summed E-state index contributed by atoms with van der Waals surface area (Å²) in [6.45, 7) is 7.66. The van der Waals surface area contributed by atoms with E-state index in [1.807, 2.05) is 11.0 Å². The van der Waals surface area contributed by atoms with Gasteiger partial charge in [-0.2, -0.15) is 5.26 Å². The highest BCUT2D eigenvalue weighted by Gasteiger charge is 2.45. The normalized spacial score (nSPS) is 18.8. The van der Waals surface area contributed by atoms with Crippen molar-refractivity contribution in [3.05, 3.63) is 42.7 Å². The highest BCUT2D eigenvalue weighted by molar-refractivity contribution is 5.90. The Morgan fingerprint density at radius 2 is 2.04 bits per heavy atom. The molecule has 0 N–H and O–H groups in total. The fraction of sp³-hybridized carbons (Fsp3) is 0.450. The lowest BCUT2D eigenvalue weighted by molar-refractivity contribution is 0.104. The average molecular weight is 333 g/mol. The maximum atomic E-state index is 9.03. The Labute approximate surface area is 148 Å². The van der Waals surface area contributed by atoms with E-state index in [9.17, 15) is 0 Å². The topological polar surface area (TPSA) is 56.1 Å². The molecule has 2 aliphatic rings. The van der Waals surface area contributed by atoms with Crippen molar-refractivity contribution in [1.82, 2.24) is 14.9 Å². The number of allylic oxidation sites excluding steroid dienone is 1. The lowest BCUT2D eigenvalue weighted by Gasteiger charge is -2.54. The van der Waals surface area contributed by atoms with E-state index in [0.717, 1.165) is 68.6 Å². The largest absolute Gasteiger partial charge is 0.355 e. The van der Waals surface area contributed by atoms with Gasteiger partial charge in [-0.3, -0.25) is 0 Å². The Morgan fingerprint density at radius 1 is 1.24 bits per heavy atom. The van der Waals surface area contributed by atoms with E-state index in [4.69, 9.17) is 5.26 Å². The zero-order chi connectivity index (χ0) is 17.3. The molecule has 0 saturated carbocycles.